The number of aliphatic imine (C=N–C) groups is 1. The summed E-state index contributed by atoms with van der Waals surface area (Å²) in [5, 5.41) is 11.2. The van der Waals surface area contributed by atoms with Crippen LogP contribution in [0.25, 0.3) is 0 Å². The number of hydrogen-bond donors (Lipinski definition) is 2. The van der Waals surface area contributed by atoms with Crippen LogP contribution in [0.5, 0.6) is 0 Å². The number of aliphatic hydroxyl groups excluding tert-OH is 1. The van der Waals surface area contributed by atoms with Crippen LogP contribution in [0.15, 0.2) is 4.99 Å². The van der Waals surface area contributed by atoms with Crippen LogP contribution in [0.4, 0.5) is 0 Å². The molecule has 4 nitrogen and oxygen atoms in total. The summed E-state index contributed by atoms with van der Waals surface area (Å²) in [5.41, 5.74) is 0. The van der Waals surface area contributed by atoms with E-state index in [1.165, 1.54) is 0 Å². The van der Waals surface area contributed by atoms with Gasteiger partial charge in [-0.3, -0.25) is 0 Å². The topological polar surface area (TPSA) is 53.8 Å². The second-order valence-corrected chi connectivity index (χ2v) is 1.69. The number of nitrogens with zero attached hydrogens (tertiary/aromatic N) is 1. The van der Waals surface area contributed by atoms with Crippen LogP contribution in [-0.2, 0) is 4.74 Å². The summed E-state index contributed by atoms with van der Waals surface area (Å²) in [5.74, 6) is 0. The third kappa shape index (κ3) is 1.89. The smallest absolute Gasteiger partial charge is 0.284 e. The third-order valence-electron chi connectivity index (χ3n) is 0.974. The van der Waals surface area contributed by atoms with Gasteiger partial charge in [-0.25, -0.2) is 4.99 Å². The minimum Gasteiger partial charge on any atom is -0.463 e. The molecule has 1 rings (SSSR count). The monoisotopic (exact) mass is 130 g/mol. The van der Waals surface area contributed by atoms with E-state index in [2.05, 4.69) is 10.3 Å². The van der Waals surface area contributed by atoms with Crippen LogP contribution in [-0.4, -0.2) is 37.4 Å². The zero-order chi connectivity index (χ0) is 6.53. The van der Waals surface area contributed by atoms with Gasteiger partial charge < -0.3 is 15.2 Å². The lowest BCUT2D eigenvalue weighted by atomic mass is 10.7. The van der Waals surface area contributed by atoms with E-state index in [4.69, 9.17) is 9.84 Å². The SMILES string of the molecule is OCCNC1=NCCO1. The zero-order valence-corrected chi connectivity index (χ0v) is 5.13. The van der Waals surface area contributed by atoms with Crippen molar-refractivity contribution in [2.75, 3.05) is 26.3 Å². The number of rotatable bonds is 2. The predicted molar refractivity (Wildman–Crippen MR) is 33.3 cm³/mol. The molecular formula is C5H10N2O2. The molecule has 0 fully saturated rings. The van der Waals surface area contributed by atoms with Gasteiger partial charge in [0.2, 0.25) is 0 Å². The second-order valence-electron chi connectivity index (χ2n) is 1.69. The Bertz CT molecular complexity index is 114. The van der Waals surface area contributed by atoms with Gasteiger partial charge in [-0.05, 0) is 0 Å². The second kappa shape index (κ2) is 3.29. The Hall–Kier alpha value is -0.770. The fourth-order valence-electron chi connectivity index (χ4n) is 0.605. The van der Waals surface area contributed by atoms with E-state index in [1.54, 1.807) is 0 Å². The first-order valence-corrected chi connectivity index (χ1v) is 2.95. The van der Waals surface area contributed by atoms with Crippen LogP contribution in [0.3, 0.4) is 0 Å². The Balaban J connectivity index is 2.11. The van der Waals surface area contributed by atoms with Gasteiger partial charge in [0, 0.05) is 6.54 Å². The standard InChI is InChI=1S/C5H10N2O2/c8-3-1-6-5-7-2-4-9-5/h8H,1-4H2,(H,6,7). The van der Waals surface area contributed by atoms with E-state index < -0.39 is 0 Å². The molecule has 1 aliphatic rings. The van der Waals surface area contributed by atoms with Gasteiger partial charge in [-0.15, -0.1) is 0 Å². The van der Waals surface area contributed by atoms with Gasteiger partial charge in [-0.2, -0.15) is 0 Å². The molecule has 0 unspecified atom stereocenters. The summed E-state index contributed by atoms with van der Waals surface area (Å²) in [6.45, 7) is 2.02. The minimum atomic E-state index is 0.113. The summed E-state index contributed by atoms with van der Waals surface area (Å²) < 4.78 is 4.98. The molecule has 4 heteroatoms. The van der Waals surface area contributed by atoms with Crippen LogP contribution in [0, 0.1) is 0 Å². The Morgan fingerprint density at radius 1 is 1.78 bits per heavy atom. The molecule has 0 bridgehead atoms. The van der Waals surface area contributed by atoms with E-state index in [0.29, 0.717) is 19.2 Å². The molecule has 0 aromatic heterocycles. The normalized spacial score (nSPS) is 16.8. The van der Waals surface area contributed by atoms with Gasteiger partial charge in [0.05, 0.1) is 13.2 Å². The Morgan fingerprint density at radius 2 is 2.67 bits per heavy atom. The average molecular weight is 130 g/mol. The first-order chi connectivity index (χ1) is 4.43. The van der Waals surface area contributed by atoms with Crippen LogP contribution >= 0.6 is 0 Å². The molecular weight excluding hydrogens is 120 g/mol. The maximum Gasteiger partial charge on any atom is 0.284 e. The summed E-state index contributed by atoms with van der Waals surface area (Å²) in [7, 11) is 0. The molecule has 0 aliphatic carbocycles. The molecule has 0 radical (unpaired) electrons. The highest BCUT2D eigenvalue weighted by Gasteiger charge is 2.03. The van der Waals surface area contributed by atoms with Crippen molar-refractivity contribution in [1.82, 2.24) is 5.32 Å². The highest BCUT2D eigenvalue weighted by molar-refractivity contribution is 5.74. The van der Waals surface area contributed by atoms with Crippen molar-refractivity contribution in [3.63, 3.8) is 0 Å². The summed E-state index contributed by atoms with van der Waals surface area (Å²) in [4.78, 5) is 3.95. The van der Waals surface area contributed by atoms with Crippen molar-refractivity contribution < 1.29 is 9.84 Å². The first kappa shape index (κ1) is 6.35. The summed E-state index contributed by atoms with van der Waals surface area (Å²) in [6, 6.07) is 0.559. The third-order valence-corrected chi connectivity index (χ3v) is 0.974. The fraction of sp³-hybridized carbons (Fsp3) is 0.800. The van der Waals surface area contributed by atoms with Crippen molar-refractivity contribution in [2.24, 2.45) is 4.99 Å². The highest BCUT2D eigenvalue weighted by atomic mass is 16.5. The van der Waals surface area contributed by atoms with Crippen LogP contribution < -0.4 is 5.32 Å². The van der Waals surface area contributed by atoms with Gasteiger partial charge in [0.1, 0.15) is 6.61 Å². The molecule has 0 amide bonds. The highest BCUT2D eigenvalue weighted by Crippen LogP contribution is 1.88. The lowest BCUT2D eigenvalue weighted by molar-refractivity contribution is 0.287. The molecule has 9 heavy (non-hydrogen) atoms. The van der Waals surface area contributed by atoms with Crippen molar-refractivity contribution in [1.29, 1.82) is 0 Å². The maximum absolute atomic E-state index is 8.35. The Morgan fingerprint density at radius 3 is 3.22 bits per heavy atom. The number of hydrogen-bond acceptors (Lipinski definition) is 4. The molecule has 0 saturated carbocycles. The first-order valence-electron chi connectivity index (χ1n) is 2.95. The average Bonchev–Trinajstić information content (AvgIpc) is 2.34. The maximum atomic E-state index is 8.35. The fourth-order valence-corrected chi connectivity index (χ4v) is 0.605. The van der Waals surface area contributed by atoms with Gasteiger partial charge in [-0.1, -0.05) is 0 Å². The molecule has 0 atom stereocenters. The quantitative estimate of drug-likeness (QED) is 0.501. The van der Waals surface area contributed by atoms with Crippen LogP contribution in [0.2, 0.25) is 0 Å². The lowest BCUT2D eigenvalue weighted by Crippen LogP contribution is -2.26. The number of amidine groups is 1. The summed E-state index contributed by atoms with van der Waals surface area (Å²) in [6.07, 6.45) is 0. The van der Waals surface area contributed by atoms with Gasteiger partial charge >= 0.3 is 0 Å². The zero-order valence-electron chi connectivity index (χ0n) is 5.13. The van der Waals surface area contributed by atoms with Crippen molar-refractivity contribution in [3.05, 3.63) is 0 Å². The minimum absolute atomic E-state index is 0.113. The number of nitrogens with one attached hydrogen (secondary N) is 1. The molecule has 52 valence electrons. The number of ether oxygens (including phenoxy) is 1. The molecule has 0 aromatic carbocycles. The molecule has 2 N–H and O–H groups in total. The Kier molecular flexibility index (Phi) is 2.32. The molecule has 0 aromatic rings. The predicted octanol–water partition coefficient (Wildman–Crippen LogP) is -1.05. The van der Waals surface area contributed by atoms with E-state index in [1.807, 2.05) is 0 Å². The summed E-state index contributed by atoms with van der Waals surface area (Å²) >= 11 is 0. The number of aliphatic hydroxyl groups is 1. The van der Waals surface area contributed by atoms with E-state index in [-0.39, 0.29) is 6.61 Å². The molecule has 1 aliphatic heterocycles. The molecule has 0 spiro atoms. The van der Waals surface area contributed by atoms with Crippen molar-refractivity contribution >= 4 is 6.02 Å². The van der Waals surface area contributed by atoms with Gasteiger partial charge in [0.15, 0.2) is 0 Å². The van der Waals surface area contributed by atoms with Gasteiger partial charge in [0.25, 0.3) is 6.02 Å². The molecule has 0 saturated heterocycles. The van der Waals surface area contributed by atoms with E-state index in [9.17, 15) is 0 Å². The van der Waals surface area contributed by atoms with E-state index >= 15 is 0 Å². The van der Waals surface area contributed by atoms with Crippen molar-refractivity contribution in [2.45, 2.75) is 0 Å². The van der Waals surface area contributed by atoms with E-state index in [0.717, 1.165) is 6.54 Å². The Labute approximate surface area is 53.5 Å². The molecule has 1 heterocycles. The van der Waals surface area contributed by atoms with Crippen LogP contribution in [0.1, 0.15) is 0 Å². The largest absolute Gasteiger partial charge is 0.463 e. The lowest BCUT2D eigenvalue weighted by Gasteiger charge is -2.01. The van der Waals surface area contributed by atoms with Crippen molar-refractivity contribution in [3.8, 4) is 0 Å².